The van der Waals surface area contributed by atoms with Crippen molar-refractivity contribution in [3.63, 3.8) is 0 Å². The fraction of sp³-hybridized carbons (Fsp3) is 0.706. The molecule has 2 rings (SSSR count). The molecule has 134 valence electrons. The summed E-state index contributed by atoms with van der Waals surface area (Å²) < 4.78 is 5.40. The second-order valence-electron chi connectivity index (χ2n) is 6.66. The largest absolute Gasteiger partial charge is 0.379 e. The second kappa shape index (κ2) is 8.39. The van der Waals surface area contributed by atoms with Gasteiger partial charge in [-0.05, 0) is 19.8 Å². The number of morpholine rings is 1. The van der Waals surface area contributed by atoms with Gasteiger partial charge in [0.2, 0.25) is 5.91 Å². The molecule has 7 nitrogen and oxygen atoms in total. The molecule has 0 spiro atoms. The molecule has 0 saturated carbocycles. The molecule has 1 atom stereocenters. The van der Waals surface area contributed by atoms with Crippen LogP contribution in [0.5, 0.6) is 0 Å². The molecular weight excluding hydrogens is 308 g/mol. The van der Waals surface area contributed by atoms with E-state index in [4.69, 9.17) is 4.74 Å². The number of aryl methyl sites for hydroxylation is 2. The zero-order chi connectivity index (χ0) is 17.7. The summed E-state index contributed by atoms with van der Waals surface area (Å²) in [5.41, 5.74) is 0.814. The maximum Gasteiger partial charge on any atom is 0.254 e. The molecule has 1 aliphatic heterocycles. The van der Waals surface area contributed by atoms with E-state index in [1.54, 1.807) is 13.8 Å². The number of nitrogens with one attached hydrogen (secondary N) is 2. The van der Waals surface area contributed by atoms with E-state index >= 15 is 0 Å². The molecule has 0 aromatic carbocycles. The van der Waals surface area contributed by atoms with Gasteiger partial charge in [-0.3, -0.25) is 14.5 Å². The molecule has 2 N–H and O–H groups in total. The van der Waals surface area contributed by atoms with Crippen molar-refractivity contribution in [1.29, 1.82) is 0 Å². The molecule has 24 heavy (non-hydrogen) atoms. The van der Waals surface area contributed by atoms with Crippen LogP contribution >= 0.6 is 0 Å². The molecule has 1 amide bonds. The number of H-pyrrole nitrogens is 1. The Labute approximate surface area is 142 Å². The van der Waals surface area contributed by atoms with Crippen molar-refractivity contribution >= 4 is 5.91 Å². The van der Waals surface area contributed by atoms with E-state index < -0.39 is 0 Å². The summed E-state index contributed by atoms with van der Waals surface area (Å²) in [6, 6.07) is 0.272. The highest BCUT2D eigenvalue weighted by Crippen LogP contribution is 2.12. The third-order valence-electron chi connectivity index (χ3n) is 4.47. The molecule has 0 bridgehead atoms. The minimum absolute atomic E-state index is 0.0579. The first-order valence-corrected chi connectivity index (χ1v) is 8.53. The summed E-state index contributed by atoms with van der Waals surface area (Å²) >= 11 is 0. The van der Waals surface area contributed by atoms with Gasteiger partial charge in [0.15, 0.2) is 0 Å². The number of aromatic amines is 1. The first kappa shape index (κ1) is 18.6. The molecule has 0 aliphatic carbocycles. The fourth-order valence-corrected chi connectivity index (χ4v) is 3.10. The minimum Gasteiger partial charge on any atom is -0.379 e. The number of nitrogens with zero attached hydrogens (tertiary/aromatic N) is 2. The SMILES string of the molecule is Cc1nc(C)c(CC(=O)NCC(C(C)C)N2CCOCC2)c(=O)[nH]1. The molecule has 0 radical (unpaired) electrons. The number of hydrogen-bond donors (Lipinski definition) is 2. The third-order valence-corrected chi connectivity index (χ3v) is 4.47. The number of carbonyl (C=O) groups excluding carboxylic acids is 1. The Morgan fingerprint density at radius 1 is 1.33 bits per heavy atom. The molecule has 1 fully saturated rings. The van der Waals surface area contributed by atoms with Crippen molar-refractivity contribution in [2.75, 3.05) is 32.8 Å². The van der Waals surface area contributed by atoms with Crippen LogP contribution in [-0.4, -0.2) is 59.7 Å². The smallest absolute Gasteiger partial charge is 0.254 e. The topological polar surface area (TPSA) is 87.3 Å². The highest BCUT2D eigenvalue weighted by Gasteiger charge is 2.24. The van der Waals surface area contributed by atoms with E-state index in [1.807, 2.05) is 0 Å². The molecule has 2 heterocycles. The van der Waals surface area contributed by atoms with E-state index in [9.17, 15) is 9.59 Å². The molecule has 7 heteroatoms. The first-order chi connectivity index (χ1) is 11.4. The lowest BCUT2D eigenvalue weighted by atomic mass is 10.0. The fourth-order valence-electron chi connectivity index (χ4n) is 3.10. The van der Waals surface area contributed by atoms with Gasteiger partial charge < -0.3 is 15.0 Å². The number of rotatable bonds is 6. The van der Waals surface area contributed by atoms with Gasteiger partial charge in [0.25, 0.3) is 5.56 Å². The lowest BCUT2D eigenvalue weighted by molar-refractivity contribution is -0.120. The Morgan fingerprint density at radius 2 is 2.00 bits per heavy atom. The lowest BCUT2D eigenvalue weighted by Crippen LogP contribution is -2.51. The summed E-state index contributed by atoms with van der Waals surface area (Å²) in [5.74, 6) is 0.844. The van der Waals surface area contributed by atoms with Crippen LogP contribution in [0.2, 0.25) is 0 Å². The van der Waals surface area contributed by atoms with Gasteiger partial charge >= 0.3 is 0 Å². The number of carbonyl (C=O) groups is 1. The van der Waals surface area contributed by atoms with Crippen LogP contribution in [-0.2, 0) is 16.0 Å². The zero-order valence-electron chi connectivity index (χ0n) is 15.0. The van der Waals surface area contributed by atoms with Gasteiger partial charge in [0.1, 0.15) is 5.82 Å². The van der Waals surface area contributed by atoms with E-state index in [0.29, 0.717) is 29.5 Å². The normalized spacial score (nSPS) is 17.0. The van der Waals surface area contributed by atoms with Crippen LogP contribution < -0.4 is 10.9 Å². The monoisotopic (exact) mass is 336 g/mol. The minimum atomic E-state index is -0.233. The van der Waals surface area contributed by atoms with Crippen LogP contribution in [0.4, 0.5) is 0 Å². The van der Waals surface area contributed by atoms with Crippen LogP contribution in [0, 0.1) is 19.8 Å². The molecule has 1 aliphatic rings. The van der Waals surface area contributed by atoms with E-state index in [2.05, 4.69) is 34.0 Å². The first-order valence-electron chi connectivity index (χ1n) is 8.53. The van der Waals surface area contributed by atoms with Crippen molar-refractivity contribution in [1.82, 2.24) is 20.2 Å². The lowest BCUT2D eigenvalue weighted by Gasteiger charge is -2.36. The number of amides is 1. The van der Waals surface area contributed by atoms with Crippen LogP contribution in [0.25, 0.3) is 0 Å². The zero-order valence-corrected chi connectivity index (χ0v) is 15.0. The number of ether oxygens (including phenoxy) is 1. The quantitative estimate of drug-likeness (QED) is 0.785. The maximum absolute atomic E-state index is 12.3. The van der Waals surface area contributed by atoms with Gasteiger partial charge in [0.05, 0.1) is 19.6 Å². The van der Waals surface area contributed by atoms with E-state index in [1.165, 1.54) is 0 Å². The average Bonchev–Trinajstić information content (AvgIpc) is 2.51. The second-order valence-corrected chi connectivity index (χ2v) is 6.66. The highest BCUT2D eigenvalue weighted by atomic mass is 16.5. The molecule has 1 aromatic rings. The number of aromatic nitrogens is 2. The summed E-state index contributed by atoms with van der Waals surface area (Å²) in [6.45, 7) is 11.6. The van der Waals surface area contributed by atoms with Crippen LogP contribution in [0.3, 0.4) is 0 Å². The Balaban J connectivity index is 1.95. The van der Waals surface area contributed by atoms with Crippen LogP contribution in [0.1, 0.15) is 30.9 Å². The Morgan fingerprint density at radius 3 is 2.58 bits per heavy atom. The Kier molecular flexibility index (Phi) is 6.51. The third kappa shape index (κ3) is 4.88. The summed E-state index contributed by atoms with van der Waals surface area (Å²) in [4.78, 5) is 33.5. The molecule has 1 saturated heterocycles. The summed E-state index contributed by atoms with van der Waals surface area (Å²) in [5, 5.41) is 2.98. The van der Waals surface area contributed by atoms with E-state index in [-0.39, 0.29) is 23.9 Å². The summed E-state index contributed by atoms with van der Waals surface area (Å²) in [6.07, 6.45) is 0.0579. The van der Waals surface area contributed by atoms with Crippen molar-refractivity contribution < 1.29 is 9.53 Å². The summed E-state index contributed by atoms with van der Waals surface area (Å²) in [7, 11) is 0. The van der Waals surface area contributed by atoms with Crippen molar-refractivity contribution in [3.05, 3.63) is 27.4 Å². The highest BCUT2D eigenvalue weighted by molar-refractivity contribution is 5.78. The maximum atomic E-state index is 12.3. The van der Waals surface area contributed by atoms with Crippen LogP contribution in [0.15, 0.2) is 4.79 Å². The standard InChI is InChI=1S/C17H28N4O3/c1-11(2)15(21-5-7-24-8-6-21)10-18-16(22)9-14-12(3)19-13(4)20-17(14)23/h11,15H,5-10H2,1-4H3,(H,18,22)(H,19,20,23). The predicted molar refractivity (Wildman–Crippen MR) is 92.1 cm³/mol. The van der Waals surface area contributed by atoms with Gasteiger partial charge in [-0.1, -0.05) is 13.8 Å². The molecule has 1 unspecified atom stereocenters. The number of hydrogen-bond acceptors (Lipinski definition) is 5. The molecular formula is C17H28N4O3. The predicted octanol–water partition coefficient (Wildman–Crippen LogP) is 0.402. The molecule has 1 aromatic heterocycles. The average molecular weight is 336 g/mol. The Bertz CT molecular complexity index is 621. The van der Waals surface area contributed by atoms with E-state index in [0.717, 1.165) is 26.3 Å². The van der Waals surface area contributed by atoms with Crippen molar-refractivity contribution in [3.8, 4) is 0 Å². The van der Waals surface area contributed by atoms with Gasteiger partial charge in [-0.15, -0.1) is 0 Å². The van der Waals surface area contributed by atoms with Gasteiger partial charge in [-0.2, -0.15) is 0 Å². The van der Waals surface area contributed by atoms with Gasteiger partial charge in [0, 0.05) is 36.9 Å². The van der Waals surface area contributed by atoms with Gasteiger partial charge in [-0.25, -0.2) is 4.98 Å². The Hall–Kier alpha value is -1.73. The van der Waals surface area contributed by atoms with Crippen molar-refractivity contribution in [2.24, 2.45) is 5.92 Å². The van der Waals surface area contributed by atoms with Crippen molar-refractivity contribution in [2.45, 2.75) is 40.2 Å².